The highest BCUT2D eigenvalue weighted by Crippen LogP contribution is 2.29. The third-order valence-electron chi connectivity index (χ3n) is 1.98. The van der Waals surface area contributed by atoms with Crippen LogP contribution in [-0.4, -0.2) is 14.9 Å². The predicted octanol–water partition coefficient (Wildman–Crippen LogP) is 2.52. The van der Waals surface area contributed by atoms with E-state index in [0.717, 1.165) is 10.7 Å². The number of nitrogens with two attached hydrogens (primary N) is 1. The van der Waals surface area contributed by atoms with Crippen LogP contribution in [0.4, 0.5) is 11.6 Å². The summed E-state index contributed by atoms with van der Waals surface area (Å²) in [7, 11) is 0. The molecule has 0 saturated carbocycles. The summed E-state index contributed by atoms with van der Waals surface area (Å²) >= 11 is 3.27. The lowest BCUT2D eigenvalue weighted by atomic mass is 10.3. The van der Waals surface area contributed by atoms with Crippen LogP contribution < -0.4 is 10.5 Å². The monoisotopic (exact) mass is 310 g/mol. The van der Waals surface area contributed by atoms with Crippen LogP contribution in [0.25, 0.3) is 0 Å². The van der Waals surface area contributed by atoms with Crippen LogP contribution in [0.3, 0.4) is 0 Å². The highest BCUT2D eigenvalue weighted by atomic mass is 79.9. The summed E-state index contributed by atoms with van der Waals surface area (Å²) in [6.07, 6.45) is 1.01. The molecule has 0 unspecified atom stereocenters. The molecule has 0 aliphatic carbocycles. The highest BCUT2D eigenvalue weighted by molar-refractivity contribution is 9.10. The first-order valence-corrected chi connectivity index (χ1v) is 5.56. The van der Waals surface area contributed by atoms with Crippen LogP contribution in [0.15, 0.2) is 34.9 Å². The van der Waals surface area contributed by atoms with E-state index in [4.69, 9.17) is 10.5 Å². The Hall–Kier alpha value is -2.22. The lowest BCUT2D eigenvalue weighted by Gasteiger charge is -2.05. The molecule has 0 atom stereocenters. The molecule has 0 fully saturated rings. The molecule has 7 nitrogen and oxygen atoms in total. The fraction of sp³-hybridized carbons (Fsp3) is 0. The van der Waals surface area contributed by atoms with Crippen LogP contribution in [-0.2, 0) is 0 Å². The number of rotatable bonds is 3. The molecule has 1 aromatic heterocycles. The summed E-state index contributed by atoms with van der Waals surface area (Å²) in [6.45, 7) is 0. The van der Waals surface area contributed by atoms with Crippen LogP contribution >= 0.6 is 15.9 Å². The second-order valence-electron chi connectivity index (χ2n) is 3.23. The lowest BCUT2D eigenvalue weighted by Crippen LogP contribution is -2.01. The smallest absolute Gasteiger partial charge is 0.349 e. The standard InChI is InChI=1S/C10H7BrN4O3/c11-6-1-3-7(4-2-6)18-9-8(15(16)17)5-13-10(12)14-9/h1-5H,(H2,12,13,14). The maximum absolute atomic E-state index is 10.8. The van der Waals surface area contributed by atoms with Crippen LogP contribution in [0, 0.1) is 10.1 Å². The minimum absolute atomic E-state index is 0.0901. The molecule has 0 aliphatic rings. The normalized spacial score (nSPS) is 10.1. The van der Waals surface area contributed by atoms with Crippen molar-refractivity contribution in [3.05, 3.63) is 45.0 Å². The van der Waals surface area contributed by atoms with Gasteiger partial charge in [-0.15, -0.1) is 0 Å². The van der Waals surface area contributed by atoms with Gasteiger partial charge in [0.15, 0.2) is 0 Å². The number of nitrogen functional groups attached to an aromatic ring is 1. The summed E-state index contributed by atoms with van der Waals surface area (Å²) in [5, 5.41) is 10.8. The first-order chi connectivity index (χ1) is 8.56. The quantitative estimate of drug-likeness (QED) is 0.690. The van der Waals surface area contributed by atoms with Crippen LogP contribution in [0.5, 0.6) is 11.6 Å². The number of nitro groups is 1. The van der Waals surface area contributed by atoms with E-state index in [-0.39, 0.29) is 17.5 Å². The van der Waals surface area contributed by atoms with Gasteiger partial charge in [0, 0.05) is 4.47 Å². The zero-order valence-electron chi connectivity index (χ0n) is 8.91. The molecule has 0 radical (unpaired) electrons. The topological polar surface area (TPSA) is 104 Å². The van der Waals surface area contributed by atoms with Crippen molar-refractivity contribution < 1.29 is 9.66 Å². The Bertz CT molecular complexity index is 588. The molecule has 2 aromatic rings. The van der Waals surface area contributed by atoms with Gasteiger partial charge in [-0.05, 0) is 24.3 Å². The average molecular weight is 311 g/mol. The van der Waals surface area contributed by atoms with Gasteiger partial charge >= 0.3 is 11.6 Å². The second-order valence-corrected chi connectivity index (χ2v) is 4.15. The molecular weight excluding hydrogens is 304 g/mol. The molecule has 2 rings (SSSR count). The Morgan fingerprint density at radius 3 is 2.61 bits per heavy atom. The highest BCUT2D eigenvalue weighted by Gasteiger charge is 2.18. The van der Waals surface area contributed by atoms with E-state index in [0.29, 0.717) is 5.75 Å². The van der Waals surface area contributed by atoms with E-state index >= 15 is 0 Å². The van der Waals surface area contributed by atoms with E-state index in [1.165, 1.54) is 0 Å². The molecule has 0 spiro atoms. The van der Waals surface area contributed by atoms with Crippen molar-refractivity contribution in [1.29, 1.82) is 0 Å². The number of halogens is 1. The van der Waals surface area contributed by atoms with Crippen molar-refractivity contribution in [2.24, 2.45) is 0 Å². The summed E-state index contributed by atoms with van der Waals surface area (Å²) in [5.74, 6) is 0.141. The van der Waals surface area contributed by atoms with E-state index < -0.39 is 4.92 Å². The maximum atomic E-state index is 10.8. The number of ether oxygens (including phenoxy) is 1. The number of anilines is 1. The van der Waals surface area contributed by atoms with Gasteiger partial charge in [0.2, 0.25) is 5.95 Å². The molecule has 2 N–H and O–H groups in total. The van der Waals surface area contributed by atoms with Crippen LogP contribution in [0.1, 0.15) is 0 Å². The number of hydrogen-bond acceptors (Lipinski definition) is 6. The van der Waals surface area contributed by atoms with Crippen molar-refractivity contribution in [3.8, 4) is 11.6 Å². The molecular formula is C10H7BrN4O3. The fourth-order valence-corrected chi connectivity index (χ4v) is 1.45. The molecule has 0 bridgehead atoms. The zero-order valence-corrected chi connectivity index (χ0v) is 10.5. The molecule has 92 valence electrons. The van der Waals surface area contributed by atoms with Gasteiger partial charge in [-0.2, -0.15) is 4.98 Å². The molecule has 0 saturated heterocycles. The van der Waals surface area contributed by atoms with Gasteiger partial charge in [0.05, 0.1) is 4.92 Å². The Morgan fingerprint density at radius 2 is 2.00 bits per heavy atom. The Labute approximate surface area is 110 Å². The third-order valence-corrected chi connectivity index (χ3v) is 2.51. The zero-order chi connectivity index (χ0) is 13.1. The van der Waals surface area contributed by atoms with Crippen molar-refractivity contribution in [2.45, 2.75) is 0 Å². The Kier molecular flexibility index (Phi) is 3.38. The van der Waals surface area contributed by atoms with Gasteiger partial charge in [0.1, 0.15) is 11.9 Å². The van der Waals surface area contributed by atoms with Crippen molar-refractivity contribution >= 4 is 27.6 Å². The largest absolute Gasteiger partial charge is 0.434 e. The molecule has 0 amide bonds. The van der Waals surface area contributed by atoms with Crippen molar-refractivity contribution in [2.75, 3.05) is 5.73 Å². The minimum Gasteiger partial charge on any atom is -0.434 e. The predicted molar refractivity (Wildman–Crippen MR) is 67.3 cm³/mol. The summed E-state index contributed by atoms with van der Waals surface area (Å²) in [6, 6.07) is 6.77. The molecule has 1 aromatic carbocycles. The third kappa shape index (κ3) is 2.72. The molecule has 18 heavy (non-hydrogen) atoms. The number of hydrogen-bond donors (Lipinski definition) is 1. The van der Waals surface area contributed by atoms with Gasteiger partial charge in [-0.1, -0.05) is 15.9 Å². The van der Waals surface area contributed by atoms with E-state index in [2.05, 4.69) is 25.9 Å². The van der Waals surface area contributed by atoms with Gasteiger partial charge in [0.25, 0.3) is 0 Å². The number of nitrogens with zero attached hydrogens (tertiary/aromatic N) is 3. The first kappa shape index (κ1) is 12.2. The molecule has 0 aliphatic heterocycles. The summed E-state index contributed by atoms with van der Waals surface area (Å²) in [4.78, 5) is 17.4. The van der Waals surface area contributed by atoms with E-state index in [9.17, 15) is 10.1 Å². The number of aromatic nitrogens is 2. The summed E-state index contributed by atoms with van der Waals surface area (Å²) in [5.41, 5.74) is 5.03. The molecule has 1 heterocycles. The SMILES string of the molecule is Nc1ncc([N+](=O)[O-])c(Oc2ccc(Br)cc2)n1. The fourth-order valence-electron chi connectivity index (χ4n) is 1.19. The van der Waals surface area contributed by atoms with Gasteiger partial charge in [-0.3, -0.25) is 10.1 Å². The van der Waals surface area contributed by atoms with Gasteiger partial charge in [-0.25, -0.2) is 4.98 Å². The molecule has 8 heteroatoms. The number of benzene rings is 1. The minimum atomic E-state index is -0.631. The Balaban J connectivity index is 2.35. The van der Waals surface area contributed by atoms with Crippen LogP contribution in [0.2, 0.25) is 0 Å². The average Bonchev–Trinajstić information content (AvgIpc) is 2.32. The lowest BCUT2D eigenvalue weighted by molar-refractivity contribution is -0.386. The maximum Gasteiger partial charge on any atom is 0.349 e. The van der Waals surface area contributed by atoms with E-state index in [1.807, 2.05) is 0 Å². The Morgan fingerprint density at radius 1 is 1.33 bits per heavy atom. The second kappa shape index (κ2) is 4.96. The first-order valence-electron chi connectivity index (χ1n) is 4.76. The summed E-state index contributed by atoms with van der Waals surface area (Å²) < 4.78 is 6.18. The van der Waals surface area contributed by atoms with Crippen molar-refractivity contribution in [1.82, 2.24) is 9.97 Å². The van der Waals surface area contributed by atoms with Gasteiger partial charge < -0.3 is 10.5 Å². The van der Waals surface area contributed by atoms with E-state index in [1.54, 1.807) is 24.3 Å². The van der Waals surface area contributed by atoms with Crippen molar-refractivity contribution in [3.63, 3.8) is 0 Å².